The highest BCUT2D eigenvalue weighted by molar-refractivity contribution is 7.12. The highest BCUT2D eigenvalue weighted by atomic mass is 32.1. The molecule has 3 rings (SSSR count). The molecule has 0 atom stereocenters. The second kappa shape index (κ2) is 6.02. The van der Waals surface area contributed by atoms with Gasteiger partial charge < -0.3 is 10.4 Å². The first-order valence-electron chi connectivity index (χ1n) is 6.51. The normalized spacial score (nSPS) is 11.0. The number of carbonyl (C=O) groups is 1. The van der Waals surface area contributed by atoms with E-state index in [1.807, 2.05) is 40.9 Å². The fourth-order valence-electron chi connectivity index (χ4n) is 2.07. The molecule has 2 N–H and O–H groups in total. The van der Waals surface area contributed by atoms with E-state index < -0.39 is 5.97 Å². The van der Waals surface area contributed by atoms with E-state index in [0.717, 1.165) is 21.2 Å². The molecule has 21 heavy (non-hydrogen) atoms. The molecule has 6 nitrogen and oxygen atoms in total. The van der Waals surface area contributed by atoms with Crippen molar-refractivity contribution in [2.24, 2.45) is 0 Å². The molecule has 0 spiro atoms. The monoisotopic (exact) mass is 302 g/mol. The van der Waals surface area contributed by atoms with Crippen LogP contribution in [0, 0.1) is 0 Å². The minimum Gasteiger partial charge on any atom is -0.481 e. The summed E-state index contributed by atoms with van der Waals surface area (Å²) in [6.45, 7) is 1.30. The zero-order chi connectivity index (χ0) is 14.7. The Bertz CT molecular complexity index is 765. The average Bonchev–Trinajstić information content (AvgIpc) is 3.06. The van der Waals surface area contributed by atoms with Crippen LogP contribution in [0.15, 0.2) is 36.5 Å². The number of carboxylic acids is 1. The molecule has 3 heterocycles. The summed E-state index contributed by atoms with van der Waals surface area (Å²) >= 11 is 1.52. The Morgan fingerprint density at radius 1 is 1.19 bits per heavy atom. The minimum absolute atomic E-state index is 0.0828. The van der Waals surface area contributed by atoms with Gasteiger partial charge in [-0.05, 0) is 24.3 Å². The summed E-state index contributed by atoms with van der Waals surface area (Å²) in [6, 6.07) is 9.60. The largest absolute Gasteiger partial charge is 0.481 e. The first kappa shape index (κ1) is 13.7. The molecule has 0 saturated carbocycles. The molecule has 0 aliphatic rings. The lowest BCUT2D eigenvalue weighted by Gasteiger charge is -2.01. The molecule has 108 valence electrons. The van der Waals surface area contributed by atoms with Crippen molar-refractivity contribution in [3.8, 4) is 0 Å². The quantitative estimate of drug-likeness (QED) is 0.724. The van der Waals surface area contributed by atoms with Crippen LogP contribution in [0.2, 0.25) is 0 Å². The number of nitrogens with one attached hydrogen (secondary N) is 1. The van der Waals surface area contributed by atoms with Gasteiger partial charge in [-0.25, -0.2) is 0 Å². The Morgan fingerprint density at radius 3 is 2.90 bits per heavy atom. The Kier molecular flexibility index (Phi) is 3.94. The van der Waals surface area contributed by atoms with Crippen LogP contribution < -0.4 is 5.32 Å². The topological polar surface area (TPSA) is 79.5 Å². The van der Waals surface area contributed by atoms with Gasteiger partial charge in [-0.15, -0.1) is 21.5 Å². The molecule has 7 heteroatoms. The molecular weight excluding hydrogens is 288 g/mol. The zero-order valence-electron chi connectivity index (χ0n) is 11.2. The van der Waals surface area contributed by atoms with Gasteiger partial charge in [0.25, 0.3) is 0 Å². The predicted molar refractivity (Wildman–Crippen MR) is 79.2 cm³/mol. The van der Waals surface area contributed by atoms with Crippen LogP contribution >= 0.6 is 11.3 Å². The predicted octanol–water partition coefficient (Wildman–Crippen LogP) is 1.71. The molecule has 0 fully saturated rings. The molecule has 0 aliphatic carbocycles. The molecule has 3 aromatic rings. The summed E-state index contributed by atoms with van der Waals surface area (Å²) in [6.07, 6.45) is 2.02. The number of nitrogens with zero attached hydrogens (tertiary/aromatic N) is 3. The molecule has 0 radical (unpaired) electrons. The maximum Gasteiger partial charge on any atom is 0.308 e. The van der Waals surface area contributed by atoms with Gasteiger partial charge in [0.15, 0.2) is 11.5 Å². The summed E-state index contributed by atoms with van der Waals surface area (Å²) in [5, 5.41) is 20.3. The maximum atomic E-state index is 10.6. The number of aromatic nitrogens is 3. The molecule has 0 aliphatic heterocycles. The van der Waals surface area contributed by atoms with Gasteiger partial charge in [0.2, 0.25) is 0 Å². The van der Waals surface area contributed by atoms with Crippen LogP contribution in [-0.2, 0) is 24.3 Å². The third kappa shape index (κ3) is 3.26. The van der Waals surface area contributed by atoms with E-state index in [1.54, 1.807) is 0 Å². The number of rotatable bonds is 6. The van der Waals surface area contributed by atoms with E-state index in [4.69, 9.17) is 5.11 Å². The van der Waals surface area contributed by atoms with E-state index in [-0.39, 0.29) is 6.42 Å². The van der Waals surface area contributed by atoms with Gasteiger partial charge in [-0.3, -0.25) is 9.20 Å². The van der Waals surface area contributed by atoms with E-state index in [2.05, 4.69) is 15.5 Å². The number of pyridine rings is 1. The number of aliphatic carboxylic acids is 1. The van der Waals surface area contributed by atoms with Gasteiger partial charge in [0.05, 0.1) is 13.0 Å². The van der Waals surface area contributed by atoms with Crippen LogP contribution in [0.1, 0.15) is 15.6 Å². The summed E-state index contributed by atoms with van der Waals surface area (Å²) in [7, 11) is 0. The fraction of sp³-hybridized carbons (Fsp3) is 0.214. The lowest BCUT2D eigenvalue weighted by atomic mass is 10.3. The van der Waals surface area contributed by atoms with Gasteiger partial charge in [-0.2, -0.15) is 0 Å². The molecule has 0 amide bonds. The van der Waals surface area contributed by atoms with E-state index >= 15 is 0 Å². The van der Waals surface area contributed by atoms with Crippen LogP contribution in [0.5, 0.6) is 0 Å². The standard InChI is InChI=1S/C14H14N4O2S/c19-14(20)7-10-4-5-11(21-10)8-15-9-13-17-16-12-3-1-2-6-18(12)13/h1-6,15H,7-9H2,(H,19,20). The van der Waals surface area contributed by atoms with Crippen molar-refractivity contribution in [3.05, 3.63) is 52.1 Å². The third-order valence-corrected chi connectivity index (χ3v) is 4.09. The first-order valence-corrected chi connectivity index (χ1v) is 7.33. The van der Waals surface area contributed by atoms with Crippen LogP contribution in [0.4, 0.5) is 0 Å². The van der Waals surface area contributed by atoms with Crippen molar-refractivity contribution in [1.82, 2.24) is 19.9 Å². The van der Waals surface area contributed by atoms with Gasteiger partial charge in [0.1, 0.15) is 0 Å². The highest BCUT2D eigenvalue weighted by Crippen LogP contribution is 2.17. The Labute approximate surface area is 125 Å². The smallest absolute Gasteiger partial charge is 0.308 e. The lowest BCUT2D eigenvalue weighted by molar-refractivity contribution is -0.136. The number of thiophene rings is 1. The summed E-state index contributed by atoms with van der Waals surface area (Å²) < 4.78 is 1.94. The van der Waals surface area contributed by atoms with Gasteiger partial charge in [-0.1, -0.05) is 6.07 Å². The van der Waals surface area contributed by atoms with Crippen molar-refractivity contribution >= 4 is 23.0 Å². The zero-order valence-corrected chi connectivity index (χ0v) is 12.0. The summed E-state index contributed by atoms with van der Waals surface area (Å²) in [5.74, 6) is 0.0548. The lowest BCUT2D eigenvalue weighted by Crippen LogP contribution is -2.14. The molecule has 3 aromatic heterocycles. The van der Waals surface area contributed by atoms with Crippen molar-refractivity contribution in [1.29, 1.82) is 0 Å². The Balaban J connectivity index is 1.58. The van der Waals surface area contributed by atoms with Crippen molar-refractivity contribution in [2.75, 3.05) is 0 Å². The van der Waals surface area contributed by atoms with Crippen LogP contribution in [-0.4, -0.2) is 25.7 Å². The fourth-order valence-corrected chi connectivity index (χ4v) is 3.05. The first-order chi connectivity index (χ1) is 10.2. The SMILES string of the molecule is O=C(O)Cc1ccc(CNCc2nnc3ccccn23)s1. The number of fused-ring (bicyclic) bond motifs is 1. The van der Waals surface area contributed by atoms with Gasteiger partial charge >= 0.3 is 5.97 Å². The Hall–Kier alpha value is -2.25. The van der Waals surface area contributed by atoms with Crippen molar-refractivity contribution in [3.63, 3.8) is 0 Å². The molecular formula is C14H14N4O2S. The van der Waals surface area contributed by atoms with E-state index in [0.29, 0.717) is 13.1 Å². The van der Waals surface area contributed by atoms with E-state index in [1.165, 1.54) is 11.3 Å². The summed E-state index contributed by atoms with van der Waals surface area (Å²) in [5.41, 5.74) is 0.828. The third-order valence-electron chi connectivity index (χ3n) is 3.01. The van der Waals surface area contributed by atoms with E-state index in [9.17, 15) is 4.79 Å². The van der Waals surface area contributed by atoms with Crippen LogP contribution in [0.3, 0.4) is 0 Å². The van der Waals surface area contributed by atoms with Gasteiger partial charge in [0, 0.05) is 22.5 Å². The minimum atomic E-state index is -0.800. The average molecular weight is 302 g/mol. The van der Waals surface area contributed by atoms with Crippen molar-refractivity contribution < 1.29 is 9.90 Å². The Morgan fingerprint density at radius 2 is 2.05 bits per heavy atom. The molecule has 0 saturated heterocycles. The summed E-state index contributed by atoms with van der Waals surface area (Å²) in [4.78, 5) is 12.6. The highest BCUT2D eigenvalue weighted by Gasteiger charge is 2.06. The second-order valence-electron chi connectivity index (χ2n) is 4.59. The number of carboxylic acid groups (broad SMARTS) is 1. The van der Waals surface area contributed by atoms with Crippen LogP contribution in [0.25, 0.3) is 5.65 Å². The number of hydrogen-bond donors (Lipinski definition) is 2. The number of hydrogen-bond acceptors (Lipinski definition) is 5. The second-order valence-corrected chi connectivity index (χ2v) is 5.84. The molecule has 0 aromatic carbocycles. The van der Waals surface area contributed by atoms with Crippen molar-refractivity contribution in [2.45, 2.75) is 19.5 Å². The molecule has 0 unspecified atom stereocenters. The maximum absolute atomic E-state index is 10.6. The molecule has 0 bridgehead atoms.